The standard InChI is InChI=1S/C12H22N2O4/c1-4-6-18-7-5-13-12(17)14(8-10(2)3)9-11(15)16/h4,10H,1,5-9H2,2-3H3,(H,13,17)(H,15,16). The van der Waals surface area contributed by atoms with E-state index in [9.17, 15) is 9.59 Å². The summed E-state index contributed by atoms with van der Waals surface area (Å²) in [6.45, 7) is 8.62. The number of carbonyl (C=O) groups is 2. The second kappa shape index (κ2) is 9.47. The van der Waals surface area contributed by atoms with Crippen molar-refractivity contribution < 1.29 is 19.4 Å². The van der Waals surface area contributed by atoms with E-state index in [0.717, 1.165) is 0 Å². The summed E-state index contributed by atoms with van der Waals surface area (Å²) in [5.74, 6) is -0.805. The number of ether oxygens (including phenoxy) is 1. The third-order valence-corrected chi connectivity index (χ3v) is 1.96. The van der Waals surface area contributed by atoms with Crippen molar-refractivity contribution in [1.82, 2.24) is 10.2 Å². The predicted octanol–water partition coefficient (Wildman–Crippen LogP) is 0.941. The first-order valence-corrected chi connectivity index (χ1v) is 5.90. The largest absolute Gasteiger partial charge is 0.480 e. The number of aliphatic carboxylic acids is 1. The zero-order valence-electron chi connectivity index (χ0n) is 11.0. The molecule has 2 N–H and O–H groups in total. The second-order valence-electron chi connectivity index (χ2n) is 4.26. The van der Waals surface area contributed by atoms with Crippen LogP contribution in [0.5, 0.6) is 0 Å². The zero-order chi connectivity index (χ0) is 14.0. The fraction of sp³-hybridized carbons (Fsp3) is 0.667. The van der Waals surface area contributed by atoms with Crippen molar-refractivity contribution in [3.05, 3.63) is 12.7 Å². The number of nitrogens with zero attached hydrogens (tertiary/aromatic N) is 1. The van der Waals surface area contributed by atoms with Gasteiger partial charge in [-0.05, 0) is 5.92 Å². The highest BCUT2D eigenvalue weighted by Gasteiger charge is 2.17. The molecule has 2 amide bonds. The van der Waals surface area contributed by atoms with Crippen molar-refractivity contribution >= 4 is 12.0 Å². The normalized spacial score (nSPS) is 10.2. The fourth-order valence-electron chi connectivity index (χ4n) is 1.33. The van der Waals surface area contributed by atoms with E-state index in [1.165, 1.54) is 4.90 Å². The predicted molar refractivity (Wildman–Crippen MR) is 68.5 cm³/mol. The Labute approximate surface area is 108 Å². The molecule has 0 rings (SSSR count). The molecule has 0 aliphatic heterocycles. The van der Waals surface area contributed by atoms with E-state index in [0.29, 0.717) is 26.3 Å². The Hall–Kier alpha value is -1.56. The monoisotopic (exact) mass is 258 g/mol. The van der Waals surface area contributed by atoms with Crippen LogP contribution in [0, 0.1) is 5.92 Å². The van der Waals surface area contributed by atoms with Crippen LogP contribution in [-0.4, -0.2) is 54.9 Å². The van der Waals surface area contributed by atoms with Crippen LogP contribution < -0.4 is 5.32 Å². The van der Waals surface area contributed by atoms with Crippen molar-refractivity contribution in [1.29, 1.82) is 0 Å². The first-order chi connectivity index (χ1) is 8.47. The molecule has 6 heteroatoms. The lowest BCUT2D eigenvalue weighted by Gasteiger charge is -2.23. The summed E-state index contributed by atoms with van der Waals surface area (Å²) in [6.07, 6.45) is 1.62. The number of carbonyl (C=O) groups excluding carboxylic acids is 1. The second-order valence-corrected chi connectivity index (χ2v) is 4.26. The fourth-order valence-corrected chi connectivity index (χ4v) is 1.33. The van der Waals surface area contributed by atoms with Crippen LogP contribution in [0.2, 0.25) is 0 Å². The molecule has 0 aliphatic rings. The van der Waals surface area contributed by atoms with Crippen molar-refractivity contribution in [2.75, 3.05) is 32.8 Å². The van der Waals surface area contributed by atoms with E-state index in [4.69, 9.17) is 9.84 Å². The van der Waals surface area contributed by atoms with Crippen molar-refractivity contribution in [2.45, 2.75) is 13.8 Å². The third kappa shape index (κ3) is 8.58. The maximum absolute atomic E-state index is 11.7. The SMILES string of the molecule is C=CCOCCNC(=O)N(CC(=O)O)CC(C)C. The number of amides is 2. The highest BCUT2D eigenvalue weighted by molar-refractivity contribution is 5.80. The molecule has 6 nitrogen and oxygen atoms in total. The van der Waals surface area contributed by atoms with Gasteiger partial charge < -0.3 is 20.1 Å². The summed E-state index contributed by atoms with van der Waals surface area (Å²) in [5, 5.41) is 11.3. The molecule has 0 bridgehead atoms. The van der Waals surface area contributed by atoms with Crippen molar-refractivity contribution in [2.24, 2.45) is 5.92 Å². The smallest absolute Gasteiger partial charge is 0.323 e. The lowest BCUT2D eigenvalue weighted by Crippen LogP contribution is -2.45. The Morgan fingerprint density at radius 3 is 2.67 bits per heavy atom. The van der Waals surface area contributed by atoms with E-state index in [1.54, 1.807) is 6.08 Å². The van der Waals surface area contributed by atoms with Crippen molar-refractivity contribution in [3.63, 3.8) is 0 Å². The number of rotatable bonds is 9. The van der Waals surface area contributed by atoms with Crippen LogP contribution in [-0.2, 0) is 9.53 Å². The molecule has 0 spiro atoms. The average Bonchev–Trinajstić information content (AvgIpc) is 2.26. The molecule has 0 aliphatic carbocycles. The van der Waals surface area contributed by atoms with Gasteiger partial charge in [0.05, 0.1) is 13.2 Å². The van der Waals surface area contributed by atoms with Gasteiger partial charge in [-0.3, -0.25) is 4.79 Å². The van der Waals surface area contributed by atoms with Gasteiger partial charge in [0.2, 0.25) is 0 Å². The first-order valence-electron chi connectivity index (χ1n) is 5.90. The molecule has 0 atom stereocenters. The summed E-state index contributed by atoms with van der Waals surface area (Å²) in [6, 6.07) is -0.381. The number of carboxylic acids is 1. The van der Waals surface area contributed by atoms with Crippen LogP contribution >= 0.6 is 0 Å². The van der Waals surface area contributed by atoms with Gasteiger partial charge in [0, 0.05) is 13.1 Å². The number of hydrogen-bond acceptors (Lipinski definition) is 3. The number of nitrogens with one attached hydrogen (secondary N) is 1. The summed E-state index contributed by atoms with van der Waals surface area (Å²) < 4.78 is 5.11. The molecule has 0 heterocycles. The number of urea groups is 1. The Morgan fingerprint density at radius 1 is 1.50 bits per heavy atom. The lowest BCUT2D eigenvalue weighted by atomic mass is 10.2. The van der Waals surface area contributed by atoms with Crippen LogP contribution in [0.3, 0.4) is 0 Å². The molecule has 0 aromatic rings. The van der Waals surface area contributed by atoms with Gasteiger partial charge in [0.15, 0.2) is 0 Å². The molecular formula is C12H22N2O4. The molecule has 0 aromatic carbocycles. The summed E-state index contributed by atoms with van der Waals surface area (Å²) in [4.78, 5) is 23.7. The Kier molecular flexibility index (Phi) is 8.65. The number of carboxylic acid groups (broad SMARTS) is 1. The molecular weight excluding hydrogens is 236 g/mol. The van der Waals surface area contributed by atoms with Crippen LogP contribution in [0.1, 0.15) is 13.8 Å². The van der Waals surface area contributed by atoms with Crippen LogP contribution in [0.4, 0.5) is 4.79 Å². The van der Waals surface area contributed by atoms with Crippen LogP contribution in [0.25, 0.3) is 0 Å². The van der Waals surface area contributed by atoms with E-state index >= 15 is 0 Å². The topological polar surface area (TPSA) is 78.9 Å². The van der Waals surface area contributed by atoms with E-state index in [2.05, 4.69) is 11.9 Å². The van der Waals surface area contributed by atoms with Gasteiger partial charge in [-0.2, -0.15) is 0 Å². The minimum atomic E-state index is -1.02. The van der Waals surface area contributed by atoms with E-state index < -0.39 is 5.97 Å². The van der Waals surface area contributed by atoms with E-state index in [1.807, 2.05) is 13.8 Å². The zero-order valence-corrected chi connectivity index (χ0v) is 11.0. The van der Waals surface area contributed by atoms with E-state index in [-0.39, 0.29) is 18.5 Å². The summed E-state index contributed by atoms with van der Waals surface area (Å²) in [5.41, 5.74) is 0. The third-order valence-electron chi connectivity index (χ3n) is 1.96. The molecule has 18 heavy (non-hydrogen) atoms. The maximum Gasteiger partial charge on any atom is 0.323 e. The molecule has 104 valence electrons. The van der Waals surface area contributed by atoms with Gasteiger partial charge in [-0.25, -0.2) is 4.79 Å². The van der Waals surface area contributed by atoms with Crippen molar-refractivity contribution in [3.8, 4) is 0 Å². The highest BCUT2D eigenvalue weighted by atomic mass is 16.5. The molecule has 0 saturated carbocycles. The Balaban J connectivity index is 4.04. The van der Waals surface area contributed by atoms with Crippen LogP contribution in [0.15, 0.2) is 12.7 Å². The first kappa shape index (κ1) is 16.4. The molecule has 0 saturated heterocycles. The molecule has 0 radical (unpaired) electrons. The Bertz CT molecular complexity index is 279. The number of hydrogen-bond donors (Lipinski definition) is 2. The minimum Gasteiger partial charge on any atom is -0.480 e. The molecule has 0 fully saturated rings. The van der Waals surface area contributed by atoms with Gasteiger partial charge in [0.1, 0.15) is 6.54 Å². The summed E-state index contributed by atoms with van der Waals surface area (Å²) in [7, 11) is 0. The molecule has 0 unspecified atom stereocenters. The quantitative estimate of drug-likeness (QED) is 0.476. The summed E-state index contributed by atoms with van der Waals surface area (Å²) >= 11 is 0. The Morgan fingerprint density at radius 2 is 2.17 bits per heavy atom. The van der Waals surface area contributed by atoms with Gasteiger partial charge >= 0.3 is 12.0 Å². The lowest BCUT2D eigenvalue weighted by molar-refractivity contribution is -0.137. The van der Waals surface area contributed by atoms with Gasteiger partial charge in [-0.15, -0.1) is 6.58 Å². The average molecular weight is 258 g/mol. The highest BCUT2D eigenvalue weighted by Crippen LogP contribution is 1.99. The maximum atomic E-state index is 11.7. The minimum absolute atomic E-state index is 0.215. The van der Waals surface area contributed by atoms with Gasteiger partial charge in [0.25, 0.3) is 0 Å². The van der Waals surface area contributed by atoms with Gasteiger partial charge in [-0.1, -0.05) is 19.9 Å². The molecule has 0 aromatic heterocycles.